The Morgan fingerprint density at radius 3 is 2.78 bits per heavy atom. The van der Waals surface area contributed by atoms with Crippen molar-refractivity contribution in [2.45, 2.75) is 19.5 Å². The highest BCUT2D eigenvalue weighted by Gasteiger charge is 2.10. The molecule has 8 heteroatoms. The van der Waals surface area contributed by atoms with Crippen molar-refractivity contribution >= 4 is 29.2 Å². The Morgan fingerprint density at radius 1 is 1.30 bits per heavy atom. The van der Waals surface area contributed by atoms with Gasteiger partial charge in [-0.15, -0.1) is 0 Å². The van der Waals surface area contributed by atoms with Crippen molar-refractivity contribution in [2.24, 2.45) is 10.7 Å². The summed E-state index contributed by atoms with van der Waals surface area (Å²) >= 11 is 12.2. The van der Waals surface area contributed by atoms with Crippen LogP contribution in [0.1, 0.15) is 24.1 Å². The van der Waals surface area contributed by atoms with E-state index in [4.69, 9.17) is 33.7 Å². The lowest BCUT2D eigenvalue weighted by Crippen LogP contribution is -2.34. The second-order valence-electron chi connectivity index (χ2n) is 6.39. The van der Waals surface area contributed by atoms with Crippen LogP contribution in [0.3, 0.4) is 0 Å². The first-order valence-electron chi connectivity index (χ1n) is 8.59. The zero-order valence-electron chi connectivity index (χ0n) is 15.7. The number of nitrogens with zero attached hydrogens (tertiary/aromatic N) is 3. The molecule has 6 nitrogen and oxygen atoms in total. The predicted molar refractivity (Wildman–Crippen MR) is 112 cm³/mol. The van der Waals surface area contributed by atoms with E-state index in [9.17, 15) is 0 Å². The van der Waals surface area contributed by atoms with Gasteiger partial charge < -0.3 is 20.7 Å². The number of halogens is 2. The lowest BCUT2D eigenvalue weighted by atomic mass is 10.1. The van der Waals surface area contributed by atoms with Crippen LogP contribution >= 0.6 is 23.2 Å². The molecule has 0 amide bonds. The fraction of sp³-hybridized carbons (Fsp3) is 0.368. The largest absolute Gasteiger partial charge is 0.476 e. The second-order valence-corrected chi connectivity index (χ2v) is 7.23. The predicted octanol–water partition coefficient (Wildman–Crippen LogP) is 3.49. The Labute approximate surface area is 170 Å². The molecule has 0 fully saturated rings. The Kier molecular flexibility index (Phi) is 8.16. The standard InChI is InChI=1S/C19H25Cl2N5O/c1-13(16-5-4-15(20)11-17(16)21)25-19(22)24-12-14-6-7-23-18(10-14)27-9-8-26(2)3/h4-7,10-11,13H,8-9,12H2,1-3H3,(H3,22,24,25). The number of benzene rings is 1. The SMILES string of the molecule is CC(NC(N)=NCc1ccnc(OCCN(C)C)c1)c1ccc(Cl)cc1Cl. The maximum Gasteiger partial charge on any atom is 0.213 e. The van der Waals surface area contributed by atoms with Crippen LogP contribution < -0.4 is 15.8 Å². The summed E-state index contributed by atoms with van der Waals surface area (Å²) in [5.74, 6) is 0.915. The van der Waals surface area contributed by atoms with Gasteiger partial charge in [-0.3, -0.25) is 0 Å². The van der Waals surface area contributed by atoms with E-state index in [0.717, 1.165) is 17.7 Å². The molecular formula is C19H25Cl2N5O. The molecule has 0 aliphatic rings. The first-order valence-corrected chi connectivity index (χ1v) is 9.34. The summed E-state index contributed by atoms with van der Waals surface area (Å²) in [7, 11) is 3.99. The van der Waals surface area contributed by atoms with Gasteiger partial charge in [-0.1, -0.05) is 29.3 Å². The van der Waals surface area contributed by atoms with Crippen molar-refractivity contribution in [3.05, 3.63) is 57.7 Å². The number of hydrogen-bond donors (Lipinski definition) is 2. The van der Waals surface area contributed by atoms with E-state index in [0.29, 0.717) is 35.0 Å². The summed E-state index contributed by atoms with van der Waals surface area (Å²) in [6.45, 7) is 3.79. The van der Waals surface area contributed by atoms with Crippen molar-refractivity contribution < 1.29 is 4.74 Å². The molecule has 2 aromatic rings. The van der Waals surface area contributed by atoms with Crippen LogP contribution in [0.25, 0.3) is 0 Å². The number of guanidine groups is 1. The van der Waals surface area contributed by atoms with Crippen LogP contribution in [0.5, 0.6) is 5.88 Å². The van der Waals surface area contributed by atoms with Crippen LogP contribution in [0.4, 0.5) is 0 Å². The van der Waals surface area contributed by atoms with Gasteiger partial charge in [0, 0.05) is 28.9 Å². The molecule has 1 atom stereocenters. The number of likely N-dealkylation sites (N-methyl/N-ethyl adjacent to an activating group) is 1. The number of aliphatic imine (C=N–C) groups is 1. The summed E-state index contributed by atoms with van der Waals surface area (Å²) in [4.78, 5) is 10.6. The highest BCUT2D eigenvalue weighted by Crippen LogP contribution is 2.25. The van der Waals surface area contributed by atoms with Crippen molar-refractivity contribution in [1.29, 1.82) is 0 Å². The van der Waals surface area contributed by atoms with Gasteiger partial charge in [0.2, 0.25) is 5.88 Å². The molecule has 0 saturated heterocycles. The number of aromatic nitrogens is 1. The highest BCUT2D eigenvalue weighted by atomic mass is 35.5. The van der Waals surface area contributed by atoms with E-state index in [-0.39, 0.29) is 6.04 Å². The lowest BCUT2D eigenvalue weighted by Gasteiger charge is -2.16. The minimum Gasteiger partial charge on any atom is -0.476 e. The van der Waals surface area contributed by atoms with E-state index in [1.807, 2.05) is 39.2 Å². The van der Waals surface area contributed by atoms with Crippen LogP contribution in [-0.2, 0) is 6.54 Å². The summed E-state index contributed by atoms with van der Waals surface area (Å²) in [6.07, 6.45) is 1.70. The fourth-order valence-electron chi connectivity index (χ4n) is 2.33. The van der Waals surface area contributed by atoms with E-state index >= 15 is 0 Å². The van der Waals surface area contributed by atoms with Crippen molar-refractivity contribution in [3.8, 4) is 5.88 Å². The Morgan fingerprint density at radius 2 is 2.07 bits per heavy atom. The zero-order valence-corrected chi connectivity index (χ0v) is 17.3. The highest BCUT2D eigenvalue weighted by molar-refractivity contribution is 6.35. The third kappa shape index (κ3) is 7.25. The van der Waals surface area contributed by atoms with E-state index < -0.39 is 0 Å². The molecule has 1 heterocycles. The molecule has 0 aliphatic heterocycles. The van der Waals surface area contributed by atoms with Crippen LogP contribution in [-0.4, -0.2) is 43.1 Å². The van der Waals surface area contributed by atoms with Gasteiger partial charge in [0.15, 0.2) is 5.96 Å². The Bertz CT molecular complexity index is 782. The number of pyridine rings is 1. The Balaban J connectivity index is 1.92. The average Bonchev–Trinajstić information content (AvgIpc) is 2.60. The average molecular weight is 410 g/mol. The third-order valence-electron chi connectivity index (χ3n) is 3.81. The van der Waals surface area contributed by atoms with Gasteiger partial charge >= 0.3 is 0 Å². The summed E-state index contributed by atoms with van der Waals surface area (Å²) in [5, 5.41) is 4.32. The summed E-state index contributed by atoms with van der Waals surface area (Å²) in [6, 6.07) is 9.03. The smallest absolute Gasteiger partial charge is 0.213 e. The summed E-state index contributed by atoms with van der Waals surface area (Å²) < 4.78 is 5.64. The maximum absolute atomic E-state index is 6.23. The Hall–Kier alpha value is -2.02. The quantitative estimate of drug-likeness (QED) is 0.515. The van der Waals surface area contributed by atoms with Crippen LogP contribution in [0.15, 0.2) is 41.5 Å². The van der Waals surface area contributed by atoms with Crippen molar-refractivity contribution in [1.82, 2.24) is 15.2 Å². The lowest BCUT2D eigenvalue weighted by molar-refractivity contribution is 0.253. The normalized spacial score (nSPS) is 12.9. The first-order chi connectivity index (χ1) is 12.8. The fourth-order valence-corrected chi connectivity index (χ4v) is 2.91. The van der Waals surface area contributed by atoms with Crippen LogP contribution in [0, 0.1) is 0 Å². The number of ether oxygens (including phenoxy) is 1. The molecule has 1 aromatic carbocycles. The first kappa shape index (κ1) is 21.3. The zero-order chi connectivity index (χ0) is 19.8. The second kappa shape index (κ2) is 10.3. The van der Waals surface area contributed by atoms with Crippen LogP contribution in [0.2, 0.25) is 10.0 Å². The van der Waals surface area contributed by atoms with Gasteiger partial charge in [-0.05, 0) is 50.3 Å². The molecule has 0 bridgehead atoms. The maximum atomic E-state index is 6.23. The van der Waals surface area contributed by atoms with Crippen molar-refractivity contribution in [2.75, 3.05) is 27.2 Å². The molecule has 1 aromatic heterocycles. The topological polar surface area (TPSA) is 75.8 Å². The number of rotatable bonds is 8. The van der Waals surface area contributed by atoms with Gasteiger partial charge in [0.05, 0.1) is 12.6 Å². The number of hydrogen-bond acceptors (Lipinski definition) is 4. The monoisotopic (exact) mass is 409 g/mol. The molecule has 0 radical (unpaired) electrons. The molecule has 0 saturated carbocycles. The number of nitrogens with one attached hydrogen (secondary N) is 1. The minimum absolute atomic E-state index is 0.0964. The molecule has 27 heavy (non-hydrogen) atoms. The third-order valence-corrected chi connectivity index (χ3v) is 4.38. The van der Waals surface area contributed by atoms with E-state index in [1.54, 1.807) is 18.3 Å². The van der Waals surface area contributed by atoms with Crippen molar-refractivity contribution in [3.63, 3.8) is 0 Å². The minimum atomic E-state index is -0.0964. The van der Waals surface area contributed by atoms with Gasteiger partial charge in [-0.2, -0.15) is 0 Å². The van der Waals surface area contributed by atoms with E-state index in [2.05, 4.69) is 20.2 Å². The number of nitrogens with two attached hydrogens (primary N) is 1. The molecule has 2 rings (SSSR count). The summed E-state index contributed by atoms with van der Waals surface area (Å²) in [5.41, 5.74) is 7.88. The molecular weight excluding hydrogens is 385 g/mol. The molecule has 0 spiro atoms. The molecule has 3 N–H and O–H groups in total. The molecule has 146 valence electrons. The molecule has 0 aliphatic carbocycles. The van der Waals surface area contributed by atoms with Gasteiger partial charge in [0.25, 0.3) is 0 Å². The van der Waals surface area contributed by atoms with Gasteiger partial charge in [-0.25, -0.2) is 9.98 Å². The van der Waals surface area contributed by atoms with E-state index in [1.165, 1.54) is 0 Å². The van der Waals surface area contributed by atoms with Gasteiger partial charge in [0.1, 0.15) is 6.61 Å². The molecule has 1 unspecified atom stereocenters.